The van der Waals surface area contributed by atoms with E-state index < -0.39 is 9.84 Å². The lowest BCUT2D eigenvalue weighted by Crippen LogP contribution is -2.45. The van der Waals surface area contributed by atoms with Crippen molar-refractivity contribution in [3.05, 3.63) is 11.9 Å². The summed E-state index contributed by atoms with van der Waals surface area (Å²) in [6, 6.07) is 0.486. The van der Waals surface area contributed by atoms with Crippen LogP contribution in [-0.4, -0.2) is 72.8 Å². The largest absolute Gasteiger partial charge is 0.343 e. The van der Waals surface area contributed by atoms with Crippen molar-refractivity contribution in [2.45, 2.75) is 43.0 Å². The van der Waals surface area contributed by atoms with Crippen molar-refractivity contribution in [1.29, 1.82) is 0 Å². The Bertz CT molecular complexity index is 677. The van der Waals surface area contributed by atoms with Crippen molar-refractivity contribution in [3.8, 4) is 0 Å². The summed E-state index contributed by atoms with van der Waals surface area (Å²) in [5.74, 6) is 0.339. The zero-order valence-electron chi connectivity index (χ0n) is 13.7. The fourth-order valence-electron chi connectivity index (χ4n) is 3.77. The van der Waals surface area contributed by atoms with Gasteiger partial charge < -0.3 is 4.90 Å². The molecule has 0 aliphatic carbocycles. The number of nitrogens with one attached hydrogen (secondary N) is 1. The highest BCUT2D eigenvalue weighted by molar-refractivity contribution is 7.90. The molecule has 0 unspecified atom stereocenters. The van der Waals surface area contributed by atoms with Gasteiger partial charge in [0.25, 0.3) is 0 Å². The summed E-state index contributed by atoms with van der Waals surface area (Å²) < 4.78 is 23.7. The Kier molecular flexibility index (Phi) is 4.46. The number of hydrogen-bond donors (Lipinski definition) is 1. The van der Waals surface area contributed by atoms with Crippen molar-refractivity contribution >= 4 is 15.7 Å². The molecule has 7 nitrogen and oxygen atoms in total. The first-order valence-electron chi connectivity index (χ1n) is 8.09. The number of rotatable bonds is 3. The van der Waals surface area contributed by atoms with Crippen LogP contribution in [0.25, 0.3) is 0 Å². The third kappa shape index (κ3) is 3.42. The minimum absolute atomic E-state index is 0.151. The van der Waals surface area contributed by atoms with Gasteiger partial charge in [-0.25, -0.2) is 8.42 Å². The Balaban J connectivity index is 1.64. The summed E-state index contributed by atoms with van der Waals surface area (Å²) >= 11 is 0. The normalized spacial score (nSPS) is 24.3. The number of likely N-dealkylation sites (tertiary alicyclic amines) is 2. The summed E-state index contributed by atoms with van der Waals surface area (Å²) in [4.78, 5) is 16.1. The molecular weight excluding hydrogens is 316 g/mol. The Labute approximate surface area is 137 Å². The van der Waals surface area contributed by atoms with Gasteiger partial charge in [0.05, 0.1) is 11.9 Å². The number of aromatic amines is 1. The molecule has 1 amide bonds. The molecule has 1 atom stereocenters. The average molecular weight is 340 g/mol. The van der Waals surface area contributed by atoms with Crippen LogP contribution in [0.3, 0.4) is 0 Å². The van der Waals surface area contributed by atoms with E-state index in [1.807, 2.05) is 4.90 Å². The van der Waals surface area contributed by atoms with Crippen LogP contribution in [0, 0.1) is 0 Å². The van der Waals surface area contributed by atoms with Gasteiger partial charge in [0.15, 0.2) is 9.84 Å². The van der Waals surface area contributed by atoms with Gasteiger partial charge in [-0.3, -0.25) is 14.8 Å². The smallest absolute Gasteiger partial charge is 0.219 e. The Morgan fingerprint density at radius 3 is 2.57 bits per heavy atom. The van der Waals surface area contributed by atoms with Crippen molar-refractivity contribution in [1.82, 2.24) is 20.0 Å². The first-order chi connectivity index (χ1) is 10.9. The number of carbonyl (C=O) groups excluding carboxylic acids is 1. The molecule has 2 aliphatic heterocycles. The minimum atomic E-state index is -3.24. The predicted molar refractivity (Wildman–Crippen MR) is 85.9 cm³/mol. The van der Waals surface area contributed by atoms with Crippen LogP contribution in [-0.2, 0) is 14.6 Å². The SMILES string of the molecule is CC(=O)N1CCC(N2CC[C@@H](c3[nH]ncc3S(C)(=O)=O)C2)CC1. The molecule has 3 rings (SSSR count). The van der Waals surface area contributed by atoms with Crippen molar-refractivity contribution < 1.29 is 13.2 Å². The van der Waals surface area contributed by atoms with E-state index >= 15 is 0 Å². The molecule has 8 heteroatoms. The highest BCUT2D eigenvalue weighted by atomic mass is 32.2. The van der Waals surface area contributed by atoms with Crippen LogP contribution < -0.4 is 0 Å². The molecule has 0 saturated carbocycles. The van der Waals surface area contributed by atoms with Gasteiger partial charge in [-0.15, -0.1) is 0 Å². The molecule has 1 aromatic heterocycles. The highest BCUT2D eigenvalue weighted by Gasteiger charge is 2.34. The summed E-state index contributed by atoms with van der Waals surface area (Å²) in [6.45, 7) is 5.09. The molecule has 2 fully saturated rings. The lowest BCUT2D eigenvalue weighted by atomic mass is 10.0. The lowest BCUT2D eigenvalue weighted by Gasteiger charge is -2.36. The van der Waals surface area contributed by atoms with Crippen LogP contribution in [0.5, 0.6) is 0 Å². The number of H-pyrrole nitrogens is 1. The van der Waals surface area contributed by atoms with Crippen molar-refractivity contribution in [2.24, 2.45) is 0 Å². The average Bonchev–Trinajstić information content (AvgIpc) is 3.15. The van der Waals surface area contributed by atoms with Crippen LogP contribution >= 0.6 is 0 Å². The second kappa shape index (κ2) is 6.24. The van der Waals surface area contributed by atoms with Gasteiger partial charge >= 0.3 is 0 Å². The molecule has 0 radical (unpaired) electrons. The van der Waals surface area contributed by atoms with Gasteiger partial charge in [-0.05, 0) is 25.8 Å². The number of hydrogen-bond acceptors (Lipinski definition) is 5. The van der Waals surface area contributed by atoms with E-state index in [0.29, 0.717) is 10.9 Å². The Hall–Kier alpha value is -1.41. The summed E-state index contributed by atoms with van der Waals surface area (Å²) in [5.41, 5.74) is 0.746. The fraction of sp³-hybridized carbons (Fsp3) is 0.733. The number of aromatic nitrogens is 2. The molecule has 1 aromatic rings. The maximum atomic E-state index is 11.8. The number of piperidine rings is 1. The zero-order chi connectivity index (χ0) is 16.6. The molecule has 0 bridgehead atoms. The zero-order valence-corrected chi connectivity index (χ0v) is 14.5. The Morgan fingerprint density at radius 2 is 1.96 bits per heavy atom. The van der Waals surface area contributed by atoms with Crippen molar-refractivity contribution in [3.63, 3.8) is 0 Å². The molecular formula is C15H24N4O3S. The highest BCUT2D eigenvalue weighted by Crippen LogP contribution is 2.32. The molecule has 1 N–H and O–H groups in total. The molecule has 23 heavy (non-hydrogen) atoms. The van der Waals surface area contributed by atoms with Crippen molar-refractivity contribution in [2.75, 3.05) is 32.4 Å². The fourth-order valence-corrected chi connectivity index (χ4v) is 4.63. The number of sulfone groups is 1. The van der Waals surface area contributed by atoms with E-state index in [0.717, 1.165) is 51.1 Å². The maximum Gasteiger partial charge on any atom is 0.219 e. The maximum absolute atomic E-state index is 11.8. The topological polar surface area (TPSA) is 86.4 Å². The molecule has 2 saturated heterocycles. The molecule has 128 valence electrons. The Morgan fingerprint density at radius 1 is 1.26 bits per heavy atom. The predicted octanol–water partition coefficient (Wildman–Crippen LogP) is 0.613. The van der Waals surface area contributed by atoms with Gasteiger partial charge in [-0.1, -0.05) is 0 Å². The number of amides is 1. The van der Waals surface area contributed by atoms with E-state index in [9.17, 15) is 13.2 Å². The molecule has 3 heterocycles. The summed E-state index contributed by atoms with van der Waals surface area (Å²) in [7, 11) is -3.24. The van der Waals surface area contributed by atoms with Crippen LogP contribution in [0.4, 0.5) is 0 Å². The van der Waals surface area contributed by atoms with Gasteiger partial charge in [-0.2, -0.15) is 5.10 Å². The first-order valence-corrected chi connectivity index (χ1v) is 9.98. The quantitative estimate of drug-likeness (QED) is 0.871. The number of carbonyl (C=O) groups is 1. The van der Waals surface area contributed by atoms with E-state index in [2.05, 4.69) is 15.1 Å². The van der Waals surface area contributed by atoms with Gasteiger partial charge in [0, 0.05) is 44.8 Å². The third-order valence-corrected chi connectivity index (χ3v) is 6.21. The van der Waals surface area contributed by atoms with E-state index in [4.69, 9.17) is 0 Å². The van der Waals surface area contributed by atoms with Crippen LogP contribution in [0.15, 0.2) is 11.1 Å². The molecule has 2 aliphatic rings. The minimum Gasteiger partial charge on any atom is -0.343 e. The molecule has 0 aromatic carbocycles. The van der Waals surface area contributed by atoms with E-state index in [1.54, 1.807) is 6.92 Å². The monoisotopic (exact) mass is 340 g/mol. The summed E-state index contributed by atoms with van der Waals surface area (Å²) in [5, 5.41) is 6.82. The van der Waals surface area contributed by atoms with Gasteiger partial charge in [0.1, 0.15) is 4.90 Å². The van der Waals surface area contributed by atoms with Gasteiger partial charge in [0.2, 0.25) is 5.91 Å². The standard InChI is InChI=1S/C15H24N4O3S/c1-11(20)18-7-4-13(5-8-18)19-6-3-12(10-19)15-14(9-16-17-15)23(2,21)22/h9,12-13H,3-8,10H2,1-2H3,(H,16,17)/t12-/m1/s1. The second-order valence-electron chi connectivity index (χ2n) is 6.64. The lowest BCUT2D eigenvalue weighted by molar-refractivity contribution is -0.130. The third-order valence-electron chi connectivity index (χ3n) is 5.09. The molecule has 0 spiro atoms. The van der Waals surface area contributed by atoms with Crippen LogP contribution in [0.2, 0.25) is 0 Å². The second-order valence-corrected chi connectivity index (χ2v) is 8.62. The van der Waals surface area contributed by atoms with E-state index in [-0.39, 0.29) is 11.8 Å². The van der Waals surface area contributed by atoms with Crippen LogP contribution in [0.1, 0.15) is 37.8 Å². The summed E-state index contributed by atoms with van der Waals surface area (Å²) in [6.07, 6.45) is 5.57. The number of nitrogens with zero attached hydrogens (tertiary/aromatic N) is 3. The first kappa shape index (κ1) is 16.4. The van der Waals surface area contributed by atoms with E-state index in [1.165, 1.54) is 12.5 Å².